The van der Waals surface area contributed by atoms with Crippen LogP contribution in [0.1, 0.15) is 85.5 Å². The van der Waals surface area contributed by atoms with Crippen LogP contribution in [-0.4, -0.2) is 87.9 Å². The average Bonchev–Trinajstić information content (AvgIpc) is 2.87. The lowest BCUT2D eigenvalue weighted by molar-refractivity contribution is -0.142. The number of hydrogen-bond acceptors (Lipinski definition) is 8. The van der Waals surface area contributed by atoms with Crippen molar-refractivity contribution in [2.75, 3.05) is 39.0 Å². The Morgan fingerprint density at radius 3 is 2.23 bits per heavy atom. The van der Waals surface area contributed by atoms with E-state index < -0.39 is 33.5 Å². The lowest BCUT2D eigenvalue weighted by Crippen LogP contribution is -2.50. The predicted octanol–water partition coefficient (Wildman–Crippen LogP) is 2.08. The van der Waals surface area contributed by atoms with Crippen LogP contribution in [-0.2, 0) is 33.9 Å². The van der Waals surface area contributed by atoms with Crippen LogP contribution in [0.2, 0.25) is 0 Å². The number of methoxy groups -OCH3 is 1. The third-order valence-electron chi connectivity index (χ3n) is 6.31. The molecule has 0 aliphatic carbocycles. The van der Waals surface area contributed by atoms with Gasteiger partial charge in [0.1, 0.15) is 11.6 Å². The topological polar surface area (TPSA) is 160 Å². The zero-order valence-electron chi connectivity index (χ0n) is 24.2. The van der Waals surface area contributed by atoms with Gasteiger partial charge in [-0.25, -0.2) is 13.2 Å². The van der Waals surface area contributed by atoms with Gasteiger partial charge in [-0.3, -0.25) is 14.4 Å². The van der Waals surface area contributed by atoms with Gasteiger partial charge >= 0.3 is 12.1 Å². The van der Waals surface area contributed by atoms with Crippen LogP contribution in [0.4, 0.5) is 4.79 Å². The van der Waals surface area contributed by atoms with Gasteiger partial charge in [-0.1, -0.05) is 32.6 Å². The van der Waals surface area contributed by atoms with Gasteiger partial charge in [-0.2, -0.15) is 4.72 Å². The lowest BCUT2D eigenvalue weighted by atomic mass is 9.91. The summed E-state index contributed by atoms with van der Waals surface area (Å²) in [6.07, 6.45) is 6.71. The first-order chi connectivity index (χ1) is 18.3. The fraction of sp³-hybridized carbons (Fsp3) is 0.846. The van der Waals surface area contributed by atoms with E-state index >= 15 is 0 Å². The Balaban J connectivity index is 2.21. The van der Waals surface area contributed by atoms with E-state index in [-0.39, 0.29) is 30.8 Å². The van der Waals surface area contributed by atoms with Crippen LogP contribution in [0.3, 0.4) is 0 Å². The van der Waals surface area contributed by atoms with E-state index in [2.05, 4.69) is 20.1 Å². The highest BCUT2D eigenvalue weighted by atomic mass is 32.2. The first-order valence-corrected chi connectivity index (χ1v) is 15.5. The number of piperidine rings is 1. The zero-order valence-corrected chi connectivity index (χ0v) is 25.0. The molecule has 1 aliphatic rings. The molecule has 0 bridgehead atoms. The van der Waals surface area contributed by atoms with E-state index in [1.807, 2.05) is 27.7 Å². The van der Waals surface area contributed by atoms with Gasteiger partial charge in [0.05, 0.1) is 19.4 Å². The summed E-state index contributed by atoms with van der Waals surface area (Å²) in [4.78, 5) is 50.0. The molecule has 39 heavy (non-hydrogen) atoms. The van der Waals surface area contributed by atoms with Gasteiger partial charge in [-0.05, 0) is 52.4 Å². The summed E-state index contributed by atoms with van der Waals surface area (Å²) in [7, 11) is -2.57. The average molecular weight is 577 g/mol. The minimum absolute atomic E-state index is 0.131. The predicted molar refractivity (Wildman–Crippen MR) is 147 cm³/mol. The fourth-order valence-corrected chi connectivity index (χ4v) is 5.50. The molecule has 0 saturated carbocycles. The third kappa shape index (κ3) is 15.7. The van der Waals surface area contributed by atoms with Crippen LogP contribution in [0.5, 0.6) is 0 Å². The molecular formula is C26H48N4O8S. The van der Waals surface area contributed by atoms with Crippen LogP contribution in [0.15, 0.2) is 0 Å². The normalized spacial score (nSPS) is 15.4. The first-order valence-electron chi connectivity index (χ1n) is 13.9. The molecule has 3 N–H and O–H groups in total. The smallest absolute Gasteiger partial charge is 0.410 e. The number of amides is 3. The number of unbranched alkanes of at least 4 members (excludes halogenated alkanes) is 3. The van der Waals surface area contributed by atoms with E-state index in [0.29, 0.717) is 44.7 Å². The molecule has 12 nitrogen and oxygen atoms in total. The summed E-state index contributed by atoms with van der Waals surface area (Å²) >= 11 is 0. The van der Waals surface area contributed by atoms with Gasteiger partial charge < -0.3 is 25.0 Å². The number of hydrogen-bond donors (Lipinski definition) is 3. The maximum absolute atomic E-state index is 12.2. The zero-order chi connectivity index (χ0) is 29.5. The molecule has 13 heteroatoms. The SMILES string of the molecule is CCCCS(=O)(=O)N[C@@H](CNC(=O)CNC(=O)CCCCCC1CCN(C(=O)OC(C)(C)C)CC1)C(=O)OC. The maximum Gasteiger partial charge on any atom is 0.410 e. The molecular weight excluding hydrogens is 528 g/mol. The second-order valence-electron chi connectivity index (χ2n) is 11.0. The second kappa shape index (κ2) is 17.3. The van der Waals surface area contributed by atoms with Crippen molar-refractivity contribution in [2.45, 2.75) is 97.1 Å². The maximum atomic E-state index is 12.2. The summed E-state index contributed by atoms with van der Waals surface area (Å²) in [5, 5.41) is 4.99. The first kappa shape index (κ1) is 34.6. The van der Waals surface area contributed by atoms with Gasteiger partial charge in [-0.15, -0.1) is 0 Å². The lowest BCUT2D eigenvalue weighted by Gasteiger charge is -2.33. The summed E-state index contributed by atoms with van der Waals surface area (Å²) < 4.78 is 36.5. The van der Waals surface area contributed by atoms with Crippen LogP contribution in [0, 0.1) is 5.92 Å². The number of sulfonamides is 1. The van der Waals surface area contributed by atoms with Crippen molar-refractivity contribution in [3.8, 4) is 0 Å². The minimum Gasteiger partial charge on any atom is -0.468 e. The molecule has 0 aromatic rings. The number of carbonyl (C=O) groups excluding carboxylic acids is 4. The highest BCUT2D eigenvalue weighted by Crippen LogP contribution is 2.24. The number of ether oxygens (including phenoxy) is 2. The molecule has 0 spiro atoms. The fourth-order valence-electron chi connectivity index (χ4n) is 4.10. The molecule has 1 rings (SSSR count). The van der Waals surface area contributed by atoms with E-state index in [0.717, 1.165) is 39.2 Å². The summed E-state index contributed by atoms with van der Waals surface area (Å²) in [5.41, 5.74) is -0.492. The molecule has 0 radical (unpaired) electrons. The molecule has 1 heterocycles. The van der Waals surface area contributed by atoms with Crippen molar-refractivity contribution in [3.05, 3.63) is 0 Å². The Morgan fingerprint density at radius 2 is 1.64 bits per heavy atom. The largest absolute Gasteiger partial charge is 0.468 e. The molecule has 0 unspecified atom stereocenters. The highest BCUT2D eigenvalue weighted by Gasteiger charge is 2.27. The number of carbonyl (C=O) groups is 4. The number of esters is 1. The number of nitrogens with one attached hydrogen (secondary N) is 3. The van der Waals surface area contributed by atoms with Crippen LogP contribution < -0.4 is 15.4 Å². The summed E-state index contributed by atoms with van der Waals surface area (Å²) in [6.45, 7) is 8.28. The third-order valence-corrected chi connectivity index (χ3v) is 7.78. The quantitative estimate of drug-likeness (QED) is 0.186. The van der Waals surface area contributed by atoms with Gasteiger partial charge in [0.25, 0.3) is 0 Å². The monoisotopic (exact) mass is 576 g/mol. The second-order valence-corrected chi connectivity index (χ2v) is 12.8. The molecule has 1 aliphatic heterocycles. The Kier molecular flexibility index (Phi) is 15.4. The number of nitrogens with zero attached hydrogens (tertiary/aromatic N) is 1. The molecule has 0 aromatic heterocycles. The number of likely N-dealkylation sites (tertiary alicyclic amines) is 1. The Morgan fingerprint density at radius 1 is 0.974 bits per heavy atom. The van der Waals surface area contributed by atoms with E-state index in [9.17, 15) is 27.6 Å². The van der Waals surface area contributed by atoms with E-state index in [1.165, 1.54) is 0 Å². The Hall–Kier alpha value is -2.41. The van der Waals surface area contributed by atoms with E-state index in [1.54, 1.807) is 4.90 Å². The number of rotatable bonds is 16. The molecule has 0 aromatic carbocycles. The Bertz CT molecular complexity index is 896. The molecule has 3 amide bonds. The van der Waals surface area contributed by atoms with Crippen LogP contribution in [0.25, 0.3) is 0 Å². The van der Waals surface area contributed by atoms with Crippen molar-refractivity contribution >= 4 is 33.9 Å². The van der Waals surface area contributed by atoms with Crippen LogP contribution >= 0.6 is 0 Å². The summed E-state index contributed by atoms with van der Waals surface area (Å²) in [6, 6.07) is -1.25. The van der Waals surface area contributed by atoms with Crippen molar-refractivity contribution < 1.29 is 37.1 Å². The minimum atomic E-state index is -3.70. The highest BCUT2D eigenvalue weighted by molar-refractivity contribution is 7.89. The van der Waals surface area contributed by atoms with Crippen molar-refractivity contribution in [3.63, 3.8) is 0 Å². The standard InChI is InChI=1S/C26H48N4O8S/c1-6-7-17-39(35,36)29-21(24(33)37-5)18-27-23(32)19-28-22(31)12-10-8-9-11-20-13-15-30(16-14-20)25(34)38-26(2,3)4/h20-21,29H,6-19H2,1-5H3,(H,27,32)(H,28,31)/t21-/m0/s1. The molecule has 226 valence electrons. The van der Waals surface area contributed by atoms with Gasteiger partial charge in [0.2, 0.25) is 21.8 Å². The molecule has 1 saturated heterocycles. The molecule has 1 fully saturated rings. The summed E-state index contributed by atoms with van der Waals surface area (Å²) in [5.74, 6) is -1.17. The van der Waals surface area contributed by atoms with Gasteiger partial charge in [0, 0.05) is 26.1 Å². The molecule has 1 atom stereocenters. The van der Waals surface area contributed by atoms with Crippen molar-refractivity contribution in [1.82, 2.24) is 20.3 Å². The van der Waals surface area contributed by atoms with Crippen molar-refractivity contribution in [1.29, 1.82) is 0 Å². The Labute approximate surface area is 233 Å². The van der Waals surface area contributed by atoms with Crippen molar-refractivity contribution in [2.24, 2.45) is 5.92 Å². The van der Waals surface area contributed by atoms with E-state index in [4.69, 9.17) is 4.74 Å². The van der Waals surface area contributed by atoms with Gasteiger partial charge in [0.15, 0.2) is 0 Å².